The van der Waals surface area contributed by atoms with Gasteiger partial charge in [-0.3, -0.25) is 14.3 Å². The zero-order chi connectivity index (χ0) is 38.2. The molecule has 0 amide bonds. The van der Waals surface area contributed by atoms with Crippen LogP contribution >= 0.6 is 7.60 Å². The van der Waals surface area contributed by atoms with E-state index in [4.69, 9.17) is 18.7 Å². The van der Waals surface area contributed by atoms with Crippen LogP contribution in [0.2, 0.25) is 0 Å². The molecule has 0 aromatic carbocycles. The van der Waals surface area contributed by atoms with Crippen molar-refractivity contribution in [2.45, 2.75) is 231 Å². The fraction of sp³-hybridized carbons (Fsp3) is 0.884. The molecule has 1 N–H and O–H groups in total. The van der Waals surface area contributed by atoms with E-state index in [1.807, 2.05) is 0 Å². The average Bonchev–Trinajstić information content (AvgIpc) is 3.67. The maximum atomic E-state index is 12.9. The molecule has 0 bridgehead atoms. The van der Waals surface area contributed by atoms with Gasteiger partial charge < -0.3 is 28.2 Å². The molecule has 0 radical (unpaired) electrons. The summed E-state index contributed by atoms with van der Waals surface area (Å²) in [5.74, 6) is -0.844. The smallest absolute Gasteiger partial charge is 0.330 e. The summed E-state index contributed by atoms with van der Waals surface area (Å²) in [6.07, 6.45) is 33.0. The number of aromatic nitrogens is 2. The van der Waals surface area contributed by atoms with Gasteiger partial charge in [-0.15, -0.1) is 0 Å². The molecule has 1 aromatic rings. The Hall–Kier alpha value is -1.42. The van der Waals surface area contributed by atoms with Crippen LogP contribution in [0, 0.1) is 7.43 Å². The molecule has 314 valence electrons. The van der Waals surface area contributed by atoms with Crippen LogP contribution in [0.1, 0.15) is 207 Å². The highest BCUT2D eigenvalue weighted by Gasteiger charge is 2.58. The number of unbranched alkanes of at least 4 members (excludes halogenated alkanes) is 24. The van der Waals surface area contributed by atoms with Crippen LogP contribution in [0.4, 0.5) is 0 Å². The van der Waals surface area contributed by atoms with Gasteiger partial charge in [0.25, 0.3) is 5.56 Å². The van der Waals surface area contributed by atoms with Crippen LogP contribution in [-0.2, 0) is 23.3 Å². The first kappa shape index (κ1) is 48.7. The van der Waals surface area contributed by atoms with Gasteiger partial charge in [-0.05, 0) is 12.8 Å². The van der Waals surface area contributed by atoms with Gasteiger partial charge in [0.2, 0.25) is 0 Å². The summed E-state index contributed by atoms with van der Waals surface area (Å²) < 4.78 is 38.8. The van der Waals surface area contributed by atoms with E-state index in [2.05, 4.69) is 18.8 Å². The number of hydrogen-bond donors (Lipinski definition) is 1. The first-order valence-corrected chi connectivity index (χ1v) is 23.7. The Labute approximate surface area is 328 Å². The zero-order valence-corrected chi connectivity index (χ0v) is 35.7. The summed E-state index contributed by atoms with van der Waals surface area (Å²) in [5, 5.41) is 0. The van der Waals surface area contributed by atoms with E-state index >= 15 is 0 Å². The van der Waals surface area contributed by atoms with Gasteiger partial charge in [0.1, 0.15) is 25.9 Å². The molecule has 0 spiro atoms. The van der Waals surface area contributed by atoms with E-state index in [1.54, 1.807) is 6.92 Å². The SMILES string of the molecule is CCCCCCCCCCCCCCCC1(CCCCCCCCCCCCCCC)OC2C(COP(=O)([O-])CC)OC(n3ccc(=O)[nH]c3=O)C2O1.[CH3+]. The van der Waals surface area contributed by atoms with Gasteiger partial charge in [-0.2, -0.15) is 0 Å². The van der Waals surface area contributed by atoms with E-state index < -0.39 is 49.2 Å². The average molecular weight is 783 g/mol. The largest absolute Gasteiger partial charge is 0.779 e. The van der Waals surface area contributed by atoms with Gasteiger partial charge in [0.15, 0.2) is 12.0 Å². The normalized spacial score (nSPS) is 21.6. The first-order valence-electron chi connectivity index (χ1n) is 22.0. The summed E-state index contributed by atoms with van der Waals surface area (Å²) in [7, 11) is -4.03. The molecule has 5 unspecified atom stereocenters. The van der Waals surface area contributed by atoms with Crippen molar-refractivity contribution in [3.8, 4) is 0 Å². The molecule has 2 aliphatic rings. The molecule has 54 heavy (non-hydrogen) atoms. The lowest BCUT2D eigenvalue weighted by molar-refractivity contribution is -0.231. The van der Waals surface area contributed by atoms with E-state index in [9.17, 15) is 19.0 Å². The van der Waals surface area contributed by atoms with Crippen LogP contribution < -0.4 is 16.1 Å². The Bertz CT molecular complexity index is 1220. The fourth-order valence-corrected chi connectivity index (χ4v) is 8.51. The monoisotopic (exact) mass is 783 g/mol. The summed E-state index contributed by atoms with van der Waals surface area (Å²) >= 11 is 0. The molecule has 10 nitrogen and oxygen atoms in total. The highest BCUT2D eigenvalue weighted by atomic mass is 31.2. The Kier molecular flexibility index (Phi) is 25.3. The van der Waals surface area contributed by atoms with E-state index in [0.717, 1.165) is 38.5 Å². The summed E-state index contributed by atoms with van der Waals surface area (Å²) in [6.45, 7) is 5.85. The zero-order valence-electron chi connectivity index (χ0n) is 34.8. The highest BCUT2D eigenvalue weighted by molar-refractivity contribution is 7.51. The lowest BCUT2D eigenvalue weighted by atomic mass is 9.98. The molecule has 0 saturated carbocycles. The molecule has 2 aliphatic heterocycles. The van der Waals surface area contributed by atoms with Crippen LogP contribution in [-0.4, -0.2) is 46.4 Å². The van der Waals surface area contributed by atoms with E-state index in [0.29, 0.717) is 0 Å². The molecule has 3 rings (SSSR count). The first-order chi connectivity index (χ1) is 25.7. The van der Waals surface area contributed by atoms with Crippen molar-refractivity contribution in [3.05, 3.63) is 40.5 Å². The van der Waals surface area contributed by atoms with Crippen molar-refractivity contribution in [1.82, 2.24) is 9.55 Å². The second kappa shape index (κ2) is 28.1. The molecule has 3 heterocycles. The standard InChI is InChI=1S/C42H77N2O8P.CH3/c1-4-7-9-11-13-15-17-19-21-23-25-27-29-32-42(33-30-28-26-24-22-20-18-16-14-12-10-8-5-2)51-38-36(35-49-53(47,48)6-3)50-40(39(38)52-42)44-34-31-37(45)43-41(44)46;/h31,34,36,38-40H,4-30,32-33,35H2,1-3H3,(H,47,48)(H,43,45,46);1H3/q;+1/p-1. The number of aromatic amines is 1. The van der Waals surface area contributed by atoms with Crippen LogP contribution in [0.15, 0.2) is 21.9 Å². The maximum Gasteiger partial charge on any atom is 0.330 e. The molecule has 5 atom stereocenters. The molecular weight excluding hydrogens is 703 g/mol. The number of ether oxygens (including phenoxy) is 3. The minimum absolute atomic E-state index is 0. The summed E-state index contributed by atoms with van der Waals surface area (Å²) in [4.78, 5) is 39.3. The summed E-state index contributed by atoms with van der Waals surface area (Å²) in [5.41, 5.74) is -1.11. The van der Waals surface area contributed by atoms with Crippen molar-refractivity contribution >= 4 is 7.60 Å². The third kappa shape index (κ3) is 18.2. The van der Waals surface area contributed by atoms with Crippen molar-refractivity contribution < 1.29 is 28.2 Å². The Morgan fingerprint density at radius 2 is 1.09 bits per heavy atom. The van der Waals surface area contributed by atoms with Crippen molar-refractivity contribution in [2.24, 2.45) is 0 Å². The second-order valence-electron chi connectivity index (χ2n) is 15.9. The lowest BCUT2D eigenvalue weighted by Gasteiger charge is -2.32. The minimum Gasteiger partial charge on any atom is -0.779 e. The van der Waals surface area contributed by atoms with Gasteiger partial charge in [0, 0.05) is 38.7 Å². The van der Waals surface area contributed by atoms with Crippen LogP contribution in [0.5, 0.6) is 0 Å². The molecule has 11 heteroatoms. The Morgan fingerprint density at radius 3 is 1.50 bits per heavy atom. The predicted molar refractivity (Wildman–Crippen MR) is 219 cm³/mol. The predicted octanol–water partition coefficient (Wildman–Crippen LogP) is 10.9. The maximum absolute atomic E-state index is 12.9. The second-order valence-corrected chi connectivity index (χ2v) is 18.0. The van der Waals surface area contributed by atoms with E-state index in [-0.39, 0.29) is 20.2 Å². The minimum atomic E-state index is -4.03. The quantitative estimate of drug-likeness (QED) is 0.0423. The lowest BCUT2D eigenvalue weighted by Crippen LogP contribution is -2.38. The fourth-order valence-electron chi connectivity index (χ4n) is 7.95. The number of nitrogens with zero attached hydrogens (tertiary/aromatic N) is 1. The third-order valence-corrected chi connectivity index (χ3v) is 12.6. The van der Waals surface area contributed by atoms with Crippen molar-refractivity contribution in [1.29, 1.82) is 0 Å². The van der Waals surface area contributed by atoms with E-state index in [1.165, 1.54) is 158 Å². The highest BCUT2D eigenvalue weighted by Crippen LogP contribution is 2.48. The van der Waals surface area contributed by atoms with Crippen molar-refractivity contribution in [2.75, 3.05) is 12.8 Å². The number of H-pyrrole nitrogens is 1. The number of rotatable bonds is 33. The molecule has 2 saturated heterocycles. The van der Waals surface area contributed by atoms with Crippen LogP contribution in [0.25, 0.3) is 0 Å². The molecule has 0 aliphatic carbocycles. The Morgan fingerprint density at radius 1 is 0.685 bits per heavy atom. The number of fused-ring (bicyclic) bond motifs is 1. The molecule has 2 fully saturated rings. The van der Waals surface area contributed by atoms with Gasteiger partial charge in [-0.25, -0.2) is 4.79 Å². The summed E-state index contributed by atoms with van der Waals surface area (Å²) in [6, 6.07) is 1.27. The van der Waals surface area contributed by atoms with Gasteiger partial charge in [0.05, 0.1) is 6.61 Å². The Balaban J connectivity index is 0.0000101. The molecular formula is C43H79N2O8P. The number of hydrogen-bond acceptors (Lipinski definition) is 8. The topological polar surface area (TPSA) is 132 Å². The van der Waals surface area contributed by atoms with Crippen LogP contribution in [0.3, 0.4) is 0 Å². The molecule has 1 aromatic heterocycles. The van der Waals surface area contributed by atoms with Gasteiger partial charge in [-0.1, -0.05) is 175 Å². The third-order valence-electron chi connectivity index (χ3n) is 11.3. The van der Waals surface area contributed by atoms with Crippen molar-refractivity contribution in [3.63, 3.8) is 0 Å². The van der Waals surface area contributed by atoms with Gasteiger partial charge >= 0.3 is 5.69 Å². The number of nitrogens with one attached hydrogen (secondary N) is 1.